The van der Waals surface area contributed by atoms with Gasteiger partial charge in [0.15, 0.2) is 0 Å². The van der Waals surface area contributed by atoms with Crippen molar-refractivity contribution < 1.29 is 32.7 Å². The number of pyridine rings is 1. The Morgan fingerprint density at radius 2 is 1.76 bits per heavy atom. The van der Waals surface area contributed by atoms with E-state index >= 15 is 0 Å². The molecule has 72 heavy (non-hydrogen) atoms. The van der Waals surface area contributed by atoms with Crippen molar-refractivity contribution in [3.05, 3.63) is 106 Å². The summed E-state index contributed by atoms with van der Waals surface area (Å²) in [5.41, 5.74) is 4.91. The van der Waals surface area contributed by atoms with Gasteiger partial charge in [-0.25, -0.2) is 13.1 Å². The molecule has 4 N–H and O–H groups in total. The number of benzene rings is 3. The van der Waals surface area contributed by atoms with E-state index in [0.717, 1.165) is 69.0 Å². The summed E-state index contributed by atoms with van der Waals surface area (Å²) in [5.74, 6) is -0.303. The third kappa shape index (κ3) is 9.29. The van der Waals surface area contributed by atoms with Gasteiger partial charge >= 0.3 is 0 Å². The first-order valence-corrected chi connectivity index (χ1v) is 27.3. The van der Waals surface area contributed by atoms with Crippen molar-refractivity contribution in [1.82, 2.24) is 24.5 Å². The van der Waals surface area contributed by atoms with E-state index in [-0.39, 0.29) is 28.6 Å². The Labute approximate surface area is 421 Å². The van der Waals surface area contributed by atoms with Gasteiger partial charge in [0.05, 0.1) is 39.3 Å². The maximum absolute atomic E-state index is 14.7. The average molecular weight is 1000 g/mol. The standard InChI is InChI=1S/C54H67N9O8S/c1-34-7-5-6-8-41(34)48-32-59(4)31-35(2)61(48)39-28-54(29-39)19-22-60(23-20-54)38-9-11-42(45(26-38)62-44-16-24-70-33-49(44)71-52-47(62)25-37-15-21-55-50(37)57-52)51(64)58-72(68,69)40-10-12-43(46(27-40)63(66)67)56-30-36-13-17-53(3,65)18-14-36/h5-12,15,21,25-27,35-36,39,44,48-49,56,65H,13-14,16-20,22-24,28-33H2,1-4H3,(H,55,57)(H,58,64)/t35-,36-,44+,48+,49+,53-/m1/s1. The first-order valence-electron chi connectivity index (χ1n) is 25.8. The van der Waals surface area contributed by atoms with E-state index in [9.17, 15) is 28.4 Å². The van der Waals surface area contributed by atoms with Crippen LogP contribution in [0.25, 0.3) is 11.0 Å². The van der Waals surface area contributed by atoms with E-state index in [1.807, 2.05) is 37.4 Å². The summed E-state index contributed by atoms with van der Waals surface area (Å²) in [6, 6.07) is 23.1. The summed E-state index contributed by atoms with van der Waals surface area (Å²) in [6.07, 6.45) is 9.18. The van der Waals surface area contributed by atoms with E-state index in [2.05, 4.69) is 79.8 Å². The Hall–Kier alpha value is -5.79. The van der Waals surface area contributed by atoms with Crippen LogP contribution in [0.4, 0.5) is 28.4 Å². The number of nitro benzene ring substituents is 1. The average Bonchev–Trinajstić information content (AvgIpc) is 3.81. The van der Waals surface area contributed by atoms with Crippen molar-refractivity contribution in [1.29, 1.82) is 0 Å². The largest absolute Gasteiger partial charge is 0.468 e. The molecular formula is C54H67N9O8S. The van der Waals surface area contributed by atoms with Crippen molar-refractivity contribution in [2.24, 2.45) is 11.3 Å². The van der Waals surface area contributed by atoms with E-state index < -0.39 is 43.1 Å². The molecule has 11 rings (SSSR count). The van der Waals surface area contributed by atoms with Gasteiger partial charge in [0.2, 0.25) is 5.88 Å². The molecule has 3 saturated heterocycles. The molecule has 382 valence electrons. The lowest BCUT2D eigenvalue weighted by atomic mass is 9.59. The lowest BCUT2D eigenvalue weighted by Gasteiger charge is -2.60. The van der Waals surface area contributed by atoms with Gasteiger partial charge in [-0.05, 0) is 151 Å². The summed E-state index contributed by atoms with van der Waals surface area (Å²) in [6.45, 7) is 11.4. The molecule has 18 heteroatoms. The number of anilines is 4. The van der Waals surface area contributed by atoms with Crippen LogP contribution in [0.5, 0.6) is 5.88 Å². The number of fused-ring (bicyclic) bond motifs is 3. The maximum atomic E-state index is 14.7. The van der Waals surface area contributed by atoms with E-state index in [1.165, 1.54) is 36.1 Å². The highest BCUT2D eigenvalue weighted by atomic mass is 32.2. The Morgan fingerprint density at radius 3 is 2.53 bits per heavy atom. The number of aromatic nitrogens is 2. The minimum absolute atomic E-state index is 0.119. The van der Waals surface area contributed by atoms with Crippen LogP contribution < -0.4 is 24.6 Å². The highest BCUT2D eigenvalue weighted by Crippen LogP contribution is 2.54. The number of hydrogen-bond donors (Lipinski definition) is 4. The zero-order valence-corrected chi connectivity index (χ0v) is 42.5. The smallest absolute Gasteiger partial charge is 0.293 e. The number of aliphatic hydroxyl groups is 1. The zero-order chi connectivity index (χ0) is 50.1. The topological polar surface area (TPSA) is 199 Å². The second kappa shape index (κ2) is 18.9. The molecule has 6 aliphatic rings. The molecule has 17 nitrogen and oxygen atoms in total. The normalized spacial score (nSPS) is 26.9. The Kier molecular flexibility index (Phi) is 12.7. The van der Waals surface area contributed by atoms with Gasteiger partial charge in [0, 0.05) is 80.8 Å². The van der Waals surface area contributed by atoms with Crippen molar-refractivity contribution in [2.75, 3.05) is 68.1 Å². The molecule has 4 atom stereocenters. The van der Waals surface area contributed by atoms with Crippen LogP contribution in [-0.4, -0.2) is 127 Å². The Balaban J connectivity index is 0.870. The number of hydrogen-bond acceptors (Lipinski definition) is 14. The third-order valence-electron chi connectivity index (χ3n) is 17.0. The number of ether oxygens (including phenoxy) is 2. The molecule has 0 radical (unpaired) electrons. The number of rotatable bonds is 11. The quantitative estimate of drug-likeness (QED) is 0.0732. The molecule has 2 aromatic heterocycles. The number of aryl methyl sites for hydroxylation is 1. The summed E-state index contributed by atoms with van der Waals surface area (Å²) in [5, 5.41) is 26.8. The lowest BCUT2D eigenvalue weighted by Crippen LogP contribution is -2.62. The van der Waals surface area contributed by atoms with Crippen LogP contribution >= 0.6 is 0 Å². The van der Waals surface area contributed by atoms with Gasteiger partial charge in [-0.1, -0.05) is 24.3 Å². The number of carbonyl (C=O) groups excluding carboxylic acids is 1. The van der Waals surface area contributed by atoms with Crippen molar-refractivity contribution in [2.45, 2.75) is 119 Å². The second-order valence-corrected chi connectivity index (χ2v) is 23.7. The van der Waals surface area contributed by atoms with E-state index in [1.54, 1.807) is 6.07 Å². The van der Waals surface area contributed by atoms with Crippen LogP contribution in [-0.2, 0) is 14.8 Å². The number of carbonyl (C=O) groups is 1. The Morgan fingerprint density at radius 1 is 0.986 bits per heavy atom. The minimum Gasteiger partial charge on any atom is -0.468 e. The number of piperazine rings is 1. The number of amides is 1. The molecule has 1 spiro atoms. The van der Waals surface area contributed by atoms with E-state index in [4.69, 9.17) is 14.5 Å². The van der Waals surface area contributed by atoms with Gasteiger partial charge < -0.3 is 39.6 Å². The molecule has 1 amide bonds. The summed E-state index contributed by atoms with van der Waals surface area (Å²) in [4.78, 5) is 43.9. The molecule has 5 aromatic rings. The molecule has 5 fully saturated rings. The number of H-pyrrole nitrogens is 1. The number of nitrogens with one attached hydrogen (secondary N) is 3. The van der Waals surface area contributed by atoms with Gasteiger partial charge in [0.25, 0.3) is 21.6 Å². The fourth-order valence-corrected chi connectivity index (χ4v) is 14.0. The first-order chi connectivity index (χ1) is 34.5. The number of nitro groups is 1. The highest BCUT2D eigenvalue weighted by Gasteiger charge is 2.51. The summed E-state index contributed by atoms with van der Waals surface area (Å²) < 4.78 is 43.1. The van der Waals surface area contributed by atoms with Gasteiger partial charge in [-0.3, -0.25) is 19.8 Å². The monoisotopic (exact) mass is 1000 g/mol. The van der Waals surface area contributed by atoms with Crippen molar-refractivity contribution in [3.8, 4) is 5.88 Å². The highest BCUT2D eigenvalue weighted by molar-refractivity contribution is 7.90. The predicted molar refractivity (Wildman–Crippen MR) is 277 cm³/mol. The summed E-state index contributed by atoms with van der Waals surface area (Å²) >= 11 is 0. The van der Waals surface area contributed by atoms with Crippen LogP contribution in [0.2, 0.25) is 0 Å². The molecular weight excluding hydrogens is 935 g/mol. The number of likely N-dealkylation sites (N-methyl/N-ethyl adjacent to an activating group) is 1. The Bertz CT molecular complexity index is 2970. The lowest BCUT2D eigenvalue weighted by molar-refractivity contribution is -0.384. The minimum atomic E-state index is -4.62. The fourth-order valence-electron chi connectivity index (χ4n) is 13.0. The number of aromatic amines is 1. The molecule has 6 heterocycles. The van der Waals surface area contributed by atoms with Crippen LogP contribution in [0.1, 0.15) is 99.2 Å². The fraction of sp³-hybridized carbons (Fsp3) is 0.519. The third-order valence-corrected chi connectivity index (χ3v) is 18.3. The number of piperidine rings is 1. The number of nitrogens with zero attached hydrogens (tertiary/aromatic N) is 6. The summed E-state index contributed by atoms with van der Waals surface area (Å²) in [7, 11) is -2.38. The van der Waals surface area contributed by atoms with Crippen molar-refractivity contribution >= 4 is 55.4 Å². The predicted octanol–water partition coefficient (Wildman–Crippen LogP) is 8.07. The molecule has 2 aliphatic carbocycles. The molecule has 0 unspecified atom stereocenters. The first kappa shape index (κ1) is 48.5. The molecule has 0 bridgehead atoms. The second-order valence-electron chi connectivity index (χ2n) is 22.0. The SMILES string of the molecule is Cc1ccccc1[C@@H]1CN(C)C[C@@H](C)N1C1CC2(CCN(c3ccc(C(=O)NS(=O)(=O)c4ccc(NC[C@H]5CC[C@](C)(O)CC5)c([N+](=O)[O-])c4)c(N4c5cc6cc[nH]c6nc5O[C@H]5COCC[C@@H]54)c3)CC2)C1. The van der Waals surface area contributed by atoms with E-state index in [0.29, 0.717) is 80.0 Å². The molecule has 2 saturated carbocycles. The van der Waals surface area contributed by atoms with Crippen LogP contribution in [0.15, 0.2) is 83.9 Å². The van der Waals surface area contributed by atoms with Gasteiger partial charge in [-0.15, -0.1) is 0 Å². The maximum Gasteiger partial charge on any atom is 0.293 e. The van der Waals surface area contributed by atoms with Gasteiger partial charge in [0.1, 0.15) is 23.1 Å². The van der Waals surface area contributed by atoms with Crippen molar-refractivity contribution in [3.63, 3.8) is 0 Å². The zero-order valence-electron chi connectivity index (χ0n) is 41.7. The van der Waals surface area contributed by atoms with Crippen LogP contribution in [0.3, 0.4) is 0 Å². The molecule has 4 aliphatic heterocycles. The van der Waals surface area contributed by atoms with Gasteiger partial charge in [-0.2, -0.15) is 4.98 Å². The van der Waals surface area contributed by atoms with Crippen LogP contribution in [0, 0.1) is 28.4 Å². The molecule has 3 aromatic carbocycles. The number of sulfonamides is 1.